The summed E-state index contributed by atoms with van der Waals surface area (Å²) in [6.07, 6.45) is 3.13. The Bertz CT molecular complexity index is 612. The van der Waals surface area contributed by atoms with Crippen molar-refractivity contribution in [1.82, 2.24) is 5.32 Å². The van der Waals surface area contributed by atoms with Crippen LogP contribution >= 0.6 is 0 Å². The summed E-state index contributed by atoms with van der Waals surface area (Å²) in [6.45, 7) is 5.84. The van der Waals surface area contributed by atoms with Gasteiger partial charge in [0.25, 0.3) is 0 Å². The van der Waals surface area contributed by atoms with E-state index in [1.54, 1.807) is 0 Å². The van der Waals surface area contributed by atoms with E-state index >= 15 is 0 Å². The van der Waals surface area contributed by atoms with Gasteiger partial charge in [-0.1, -0.05) is 18.6 Å². The van der Waals surface area contributed by atoms with Gasteiger partial charge in [-0.25, -0.2) is 0 Å². The van der Waals surface area contributed by atoms with E-state index < -0.39 is 0 Å². The highest BCUT2D eigenvalue weighted by Gasteiger charge is 2.23. The van der Waals surface area contributed by atoms with Gasteiger partial charge in [0.1, 0.15) is 23.1 Å². The van der Waals surface area contributed by atoms with Crippen molar-refractivity contribution in [3.8, 4) is 0 Å². The minimum Gasteiger partial charge on any atom is -0.496 e. The van der Waals surface area contributed by atoms with E-state index in [0.29, 0.717) is 0 Å². The van der Waals surface area contributed by atoms with Gasteiger partial charge in [0, 0.05) is 11.8 Å². The molecule has 1 unspecified atom stereocenters. The second-order valence-electron chi connectivity index (χ2n) is 4.92. The van der Waals surface area contributed by atoms with E-state index in [1.807, 2.05) is 6.07 Å². The monoisotopic (exact) mass is 257 g/mol. The molecule has 1 aliphatic rings. The number of likely N-dealkylation sites (N-methyl/N-ethyl adjacent to an activating group) is 1. The lowest BCUT2D eigenvalue weighted by Gasteiger charge is -2.16. The Hall–Kier alpha value is -1.74. The van der Waals surface area contributed by atoms with Gasteiger partial charge in [-0.3, -0.25) is 0 Å². The Morgan fingerprint density at radius 1 is 1.32 bits per heavy atom. The average molecular weight is 257 g/mol. The van der Waals surface area contributed by atoms with Crippen molar-refractivity contribution in [2.24, 2.45) is 0 Å². The van der Waals surface area contributed by atoms with Crippen LogP contribution in [0.2, 0.25) is 0 Å². The van der Waals surface area contributed by atoms with E-state index in [1.165, 1.54) is 5.56 Å². The number of hydrogen-bond donors (Lipinski definition) is 1. The van der Waals surface area contributed by atoms with Crippen LogP contribution < -0.4 is 5.32 Å². The van der Waals surface area contributed by atoms with Crippen LogP contribution in [0.3, 0.4) is 0 Å². The molecule has 3 nitrogen and oxygen atoms in total. The van der Waals surface area contributed by atoms with Crippen LogP contribution in [-0.2, 0) is 4.74 Å². The smallest absolute Gasteiger partial charge is 0.134 e. The predicted molar refractivity (Wildman–Crippen MR) is 76.0 cm³/mol. The zero-order chi connectivity index (χ0) is 13.2. The Balaban J connectivity index is 1.99. The first-order chi connectivity index (χ1) is 9.28. The molecule has 3 heteroatoms. The van der Waals surface area contributed by atoms with Gasteiger partial charge in [-0.05, 0) is 37.7 Å². The molecule has 19 heavy (non-hydrogen) atoms. The zero-order valence-electron chi connectivity index (χ0n) is 11.4. The minimum atomic E-state index is 0.0280. The summed E-state index contributed by atoms with van der Waals surface area (Å²) in [5.74, 6) is 1.91. The second kappa shape index (κ2) is 5.10. The molecule has 2 aromatic rings. The Morgan fingerprint density at radius 3 is 2.95 bits per heavy atom. The summed E-state index contributed by atoms with van der Waals surface area (Å²) < 4.78 is 11.6. The largest absolute Gasteiger partial charge is 0.496 e. The first-order valence-corrected chi connectivity index (χ1v) is 6.84. The van der Waals surface area contributed by atoms with Crippen LogP contribution in [0.1, 0.15) is 30.7 Å². The van der Waals surface area contributed by atoms with E-state index in [0.717, 1.165) is 42.1 Å². The number of hydrogen-bond acceptors (Lipinski definition) is 3. The van der Waals surface area contributed by atoms with Gasteiger partial charge in [-0.15, -0.1) is 0 Å². The molecule has 0 radical (unpaired) electrons. The van der Waals surface area contributed by atoms with Crippen molar-refractivity contribution in [3.05, 3.63) is 47.4 Å². The molecule has 3 rings (SSSR count). The quantitative estimate of drug-likeness (QED) is 0.907. The van der Waals surface area contributed by atoms with Crippen molar-refractivity contribution in [2.45, 2.75) is 26.3 Å². The van der Waals surface area contributed by atoms with Crippen molar-refractivity contribution in [2.75, 3.05) is 13.2 Å². The van der Waals surface area contributed by atoms with E-state index in [4.69, 9.17) is 9.15 Å². The highest BCUT2D eigenvalue weighted by Crippen LogP contribution is 2.31. The molecule has 0 amide bonds. The van der Waals surface area contributed by atoms with Gasteiger partial charge < -0.3 is 14.5 Å². The standard InChI is InChI=1S/C16H19NO2/c1-3-17-16(14-5-4-8-18-14)15-10-12-9-11(2)6-7-13(12)19-15/h5-7,9-10,16-17H,3-4,8H2,1-2H3. The number of fused-ring (bicyclic) bond motifs is 1. The number of benzene rings is 1. The zero-order valence-corrected chi connectivity index (χ0v) is 11.4. The average Bonchev–Trinajstić information content (AvgIpc) is 3.04. The first kappa shape index (κ1) is 12.3. The fourth-order valence-electron chi connectivity index (χ4n) is 2.51. The van der Waals surface area contributed by atoms with Gasteiger partial charge in [0.05, 0.1) is 6.61 Å². The fourth-order valence-corrected chi connectivity index (χ4v) is 2.51. The lowest BCUT2D eigenvalue weighted by Crippen LogP contribution is -2.22. The third-order valence-corrected chi connectivity index (χ3v) is 3.40. The van der Waals surface area contributed by atoms with Gasteiger partial charge in [0.2, 0.25) is 0 Å². The number of aryl methyl sites for hydroxylation is 1. The molecule has 1 aromatic carbocycles. The Kier molecular flexibility index (Phi) is 3.30. The lowest BCUT2D eigenvalue weighted by atomic mass is 10.1. The molecule has 100 valence electrons. The highest BCUT2D eigenvalue weighted by molar-refractivity contribution is 5.78. The molecular formula is C16H19NO2. The van der Waals surface area contributed by atoms with Crippen LogP contribution in [0.15, 0.2) is 40.5 Å². The molecule has 1 aliphatic heterocycles. The summed E-state index contributed by atoms with van der Waals surface area (Å²) >= 11 is 0. The molecular weight excluding hydrogens is 238 g/mol. The van der Waals surface area contributed by atoms with Crippen LogP contribution in [0.25, 0.3) is 11.0 Å². The summed E-state index contributed by atoms with van der Waals surface area (Å²) in [5, 5.41) is 4.58. The summed E-state index contributed by atoms with van der Waals surface area (Å²) in [4.78, 5) is 0. The Labute approximate surface area is 113 Å². The molecule has 0 spiro atoms. The number of rotatable bonds is 4. The van der Waals surface area contributed by atoms with E-state index in [-0.39, 0.29) is 6.04 Å². The maximum Gasteiger partial charge on any atom is 0.134 e. The van der Waals surface area contributed by atoms with Crippen molar-refractivity contribution >= 4 is 11.0 Å². The third-order valence-electron chi connectivity index (χ3n) is 3.40. The van der Waals surface area contributed by atoms with E-state index in [2.05, 4.69) is 43.4 Å². The second-order valence-corrected chi connectivity index (χ2v) is 4.92. The molecule has 0 saturated carbocycles. The van der Waals surface area contributed by atoms with Gasteiger partial charge >= 0.3 is 0 Å². The number of furan rings is 1. The molecule has 0 bridgehead atoms. The van der Waals surface area contributed by atoms with Crippen molar-refractivity contribution < 1.29 is 9.15 Å². The van der Waals surface area contributed by atoms with Gasteiger partial charge in [0.15, 0.2) is 0 Å². The maximum absolute atomic E-state index is 5.97. The topological polar surface area (TPSA) is 34.4 Å². The SMILES string of the molecule is CCNC(C1=CCCO1)c1cc2cc(C)ccc2o1. The van der Waals surface area contributed by atoms with Crippen molar-refractivity contribution in [3.63, 3.8) is 0 Å². The van der Waals surface area contributed by atoms with Crippen LogP contribution in [0, 0.1) is 6.92 Å². The molecule has 1 N–H and O–H groups in total. The predicted octanol–water partition coefficient (Wildman–Crippen LogP) is 3.70. The molecule has 1 aromatic heterocycles. The lowest BCUT2D eigenvalue weighted by molar-refractivity contribution is 0.209. The van der Waals surface area contributed by atoms with Gasteiger partial charge in [-0.2, -0.15) is 0 Å². The third kappa shape index (κ3) is 2.38. The fraction of sp³-hybridized carbons (Fsp3) is 0.375. The van der Waals surface area contributed by atoms with Crippen LogP contribution in [0.4, 0.5) is 0 Å². The number of ether oxygens (including phenoxy) is 1. The minimum absolute atomic E-state index is 0.0280. The summed E-state index contributed by atoms with van der Waals surface area (Å²) in [6, 6.07) is 8.39. The van der Waals surface area contributed by atoms with Crippen LogP contribution in [0.5, 0.6) is 0 Å². The summed E-state index contributed by atoms with van der Waals surface area (Å²) in [5.41, 5.74) is 2.18. The van der Waals surface area contributed by atoms with Crippen LogP contribution in [-0.4, -0.2) is 13.2 Å². The molecule has 0 saturated heterocycles. The number of nitrogens with one attached hydrogen (secondary N) is 1. The Morgan fingerprint density at radius 2 is 2.21 bits per heavy atom. The van der Waals surface area contributed by atoms with E-state index in [9.17, 15) is 0 Å². The molecule has 2 heterocycles. The normalized spacial score (nSPS) is 16.4. The molecule has 1 atom stereocenters. The summed E-state index contributed by atoms with van der Waals surface area (Å²) in [7, 11) is 0. The first-order valence-electron chi connectivity index (χ1n) is 6.84. The maximum atomic E-state index is 5.97. The molecule has 0 aliphatic carbocycles. The molecule has 0 fully saturated rings. The van der Waals surface area contributed by atoms with Crippen molar-refractivity contribution in [1.29, 1.82) is 0 Å². The highest BCUT2D eigenvalue weighted by atomic mass is 16.5.